The van der Waals surface area contributed by atoms with E-state index in [-0.39, 0.29) is 5.97 Å². The zero-order valence-electron chi connectivity index (χ0n) is 18.3. The molecule has 4 rings (SSSR count). The van der Waals surface area contributed by atoms with E-state index in [0.29, 0.717) is 29.8 Å². The summed E-state index contributed by atoms with van der Waals surface area (Å²) >= 11 is 7.08. The summed E-state index contributed by atoms with van der Waals surface area (Å²) in [7, 11) is 0. The fraction of sp³-hybridized carbons (Fsp3) is 0.391. The van der Waals surface area contributed by atoms with E-state index in [0.717, 1.165) is 41.8 Å². The van der Waals surface area contributed by atoms with Gasteiger partial charge in [-0.1, -0.05) is 36.2 Å². The van der Waals surface area contributed by atoms with E-state index in [1.165, 1.54) is 16.9 Å². The lowest BCUT2D eigenvalue weighted by Crippen LogP contribution is -2.21. The van der Waals surface area contributed by atoms with E-state index in [1.54, 1.807) is 22.3 Å². The molecule has 1 aromatic carbocycles. The van der Waals surface area contributed by atoms with Crippen molar-refractivity contribution in [3.63, 3.8) is 0 Å². The number of nitrogens with one attached hydrogen (secondary N) is 2. The molecule has 0 saturated carbocycles. The molecule has 0 spiro atoms. The molecule has 32 heavy (non-hydrogen) atoms. The zero-order chi connectivity index (χ0) is 22.5. The molecular formula is C23H27N5O2S2. The Morgan fingerprint density at radius 1 is 1.19 bits per heavy atom. The lowest BCUT2D eigenvalue weighted by atomic mass is 10.1. The number of aryl methyl sites for hydroxylation is 2. The molecule has 1 aliphatic carbocycles. The fourth-order valence-electron chi connectivity index (χ4n) is 3.79. The van der Waals surface area contributed by atoms with Gasteiger partial charge in [0.1, 0.15) is 11.3 Å². The summed E-state index contributed by atoms with van der Waals surface area (Å²) in [4.78, 5) is 18.2. The van der Waals surface area contributed by atoms with Gasteiger partial charge in [0.2, 0.25) is 5.95 Å². The summed E-state index contributed by atoms with van der Waals surface area (Å²) in [6.45, 7) is 4.85. The van der Waals surface area contributed by atoms with Gasteiger partial charge in [0.15, 0.2) is 5.11 Å². The minimum Gasteiger partial charge on any atom is -0.462 e. The van der Waals surface area contributed by atoms with Crippen LogP contribution in [-0.4, -0.2) is 32.5 Å². The van der Waals surface area contributed by atoms with Crippen LogP contribution in [0, 0.1) is 6.92 Å². The Balaban J connectivity index is 1.45. The molecule has 3 aromatic rings. The fourth-order valence-corrected chi connectivity index (χ4v) is 5.33. The summed E-state index contributed by atoms with van der Waals surface area (Å²) in [5.41, 5.74) is 4.10. The van der Waals surface area contributed by atoms with Crippen molar-refractivity contribution in [3.8, 4) is 0 Å². The Bertz CT molecular complexity index is 1100. The second-order valence-electron chi connectivity index (χ2n) is 7.82. The Morgan fingerprint density at radius 2 is 1.97 bits per heavy atom. The van der Waals surface area contributed by atoms with Gasteiger partial charge >= 0.3 is 5.97 Å². The Labute approximate surface area is 197 Å². The average molecular weight is 470 g/mol. The van der Waals surface area contributed by atoms with Gasteiger partial charge in [-0.15, -0.1) is 16.4 Å². The number of rotatable bonds is 6. The second kappa shape index (κ2) is 10.2. The molecule has 0 saturated heterocycles. The van der Waals surface area contributed by atoms with Crippen molar-refractivity contribution in [2.75, 3.05) is 17.2 Å². The summed E-state index contributed by atoms with van der Waals surface area (Å²) < 4.78 is 7.09. The van der Waals surface area contributed by atoms with Gasteiger partial charge in [0, 0.05) is 4.88 Å². The van der Waals surface area contributed by atoms with Crippen molar-refractivity contribution in [1.29, 1.82) is 0 Å². The number of esters is 1. The van der Waals surface area contributed by atoms with Crippen LogP contribution >= 0.6 is 23.6 Å². The zero-order valence-corrected chi connectivity index (χ0v) is 19.9. The molecule has 7 nitrogen and oxygen atoms in total. The Kier molecular flexibility index (Phi) is 7.16. The smallest absolute Gasteiger partial charge is 0.341 e. The Hall–Kier alpha value is -2.78. The lowest BCUT2D eigenvalue weighted by molar-refractivity contribution is 0.0527. The van der Waals surface area contributed by atoms with Gasteiger partial charge in [0.05, 0.1) is 18.7 Å². The summed E-state index contributed by atoms with van der Waals surface area (Å²) in [5.74, 6) is 0.114. The van der Waals surface area contributed by atoms with Crippen molar-refractivity contribution >= 4 is 45.6 Å². The number of anilines is 2. The summed E-state index contributed by atoms with van der Waals surface area (Å²) in [6.07, 6.45) is 6.96. The molecule has 1 aliphatic rings. The molecule has 168 valence electrons. The van der Waals surface area contributed by atoms with Gasteiger partial charge in [0.25, 0.3) is 0 Å². The molecule has 0 atom stereocenters. The number of thiocarbonyl (C=S) groups is 1. The molecule has 0 bridgehead atoms. The topological polar surface area (TPSA) is 81.1 Å². The first-order chi connectivity index (χ1) is 15.5. The maximum Gasteiger partial charge on any atom is 0.341 e. The SMILES string of the molecule is CCOC(=O)c1c(NC(=S)Nc2ncn(Cc3ccc(C)cc3)n2)sc2c1CCCCC2. The largest absolute Gasteiger partial charge is 0.462 e. The van der Waals surface area contributed by atoms with Crippen LogP contribution in [0.1, 0.15) is 58.1 Å². The summed E-state index contributed by atoms with van der Waals surface area (Å²) in [6, 6.07) is 8.31. The number of hydrogen-bond donors (Lipinski definition) is 2. The van der Waals surface area contributed by atoms with Gasteiger partial charge in [-0.05, 0) is 62.9 Å². The monoisotopic (exact) mass is 469 g/mol. The van der Waals surface area contributed by atoms with E-state index in [4.69, 9.17) is 17.0 Å². The molecule has 2 heterocycles. The molecule has 0 radical (unpaired) electrons. The van der Waals surface area contributed by atoms with Gasteiger partial charge in [-0.25, -0.2) is 14.5 Å². The predicted molar refractivity (Wildman–Crippen MR) is 132 cm³/mol. The van der Waals surface area contributed by atoms with Crippen LogP contribution in [-0.2, 0) is 24.1 Å². The first kappa shape index (κ1) is 22.4. The number of carbonyl (C=O) groups is 1. The first-order valence-electron chi connectivity index (χ1n) is 10.9. The Morgan fingerprint density at radius 3 is 2.75 bits per heavy atom. The number of benzene rings is 1. The highest BCUT2D eigenvalue weighted by Crippen LogP contribution is 2.38. The number of nitrogens with zero attached hydrogens (tertiary/aromatic N) is 3. The van der Waals surface area contributed by atoms with Crippen molar-refractivity contribution in [3.05, 3.63) is 57.7 Å². The van der Waals surface area contributed by atoms with E-state index >= 15 is 0 Å². The van der Waals surface area contributed by atoms with Gasteiger partial charge < -0.3 is 10.1 Å². The highest BCUT2D eigenvalue weighted by atomic mass is 32.1. The number of aromatic nitrogens is 3. The van der Waals surface area contributed by atoms with Crippen LogP contribution in [0.25, 0.3) is 0 Å². The lowest BCUT2D eigenvalue weighted by Gasteiger charge is -2.10. The average Bonchev–Trinajstić information content (AvgIpc) is 3.26. The molecule has 0 amide bonds. The first-order valence-corrected chi connectivity index (χ1v) is 12.1. The van der Waals surface area contributed by atoms with Gasteiger partial charge in [-0.2, -0.15) is 0 Å². The highest BCUT2D eigenvalue weighted by Gasteiger charge is 2.26. The van der Waals surface area contributed by atoms with E-state index < -0.39 is 0 Å². The third-order valence-corrected chi connectivity index (χ3v) is 6.77. The van der Waals surface area contributed by atoms with Crippen molar-refractivity contribution in [1.82, 2.24) is 14.8 Å². The highest BCUT2D eigenvalue weighted by molar-refractivity contribution is 7.80. The number of fused-ring (bicyclic) bond motifs is 1. The minimum absolute atomic E-state index is 0.294. The molecular weight excluding hydrogens is 442 g/mol. The maximum absolute atomic E-state index is 12.7. The molecule has 2 aromatic heterocycles. The van der Waals surface area contributed by atoms with Crippen LogP contribution in [0.3, 0.4) is 0 Å². The van der Waals surface area contributed by atoms with Crippen LogP contribution in [0.15, 0.2) is 30.6 Å². The molecule has 9 heteroatoms. The maximum atomic E-state index is 12.7. The molecule has 2 N–H and O–H groups in total. The van der Waals surface area contributed by atoms with Crippen molar-refractivity contribution in [2.24, 2.45) is 0 Å². The summed E-state index contributed by atoms with van der Waals surface area (Å²) in [5, 5.41) is 11.7. The van der Waals surface area contributed by atoms with Crippen LogP contribution in [0.2, 0.25) is 0 Å². The molecule has 0 aliphatic heterocycles. The van der Waals surface area contributed by atoms with Crippen LogP contribution in [0.4, 0.5) is 10.9 Å². The number of ether oxygens (including phenoxy) is 1. The number of hydrogen-bond acceptors (Lipinski definition) is 6. The standard InChI is InChI=1S/C23H27N5O2S2/c1-3-30-21(29)19-17-7-5-4-6-8-18(17)32-20(19)25-23(31)26-22-24-14-28(27-22)13-16-11-9-15(2)10-12-16/h9-12,14H,3-8,13H2,1-2H3,(H2,25,26,27,31). The number of thiophene rings is 1. The third kappa shape index (κ3) is 5.34. The van der Waals surface area contributed by atoms with Crippen molar-refractivity contribution < 1.29 is 9.53 Å². The van der Waals surface area contributed by atoms with Gasteiger partial charge in [-0.3, -0.25) is 5.32 Å². The predicted octanol–water partition coefficient (Wildman–Crippen LogP) is 4.95. The normalized spacial score (nSPS) is 13.2. The van der Waals surface area contributed by atoms with Crippen LogP contribution in [0.5, 0.6) is 0 Å². The van der Waals surface area contributed by atoms with E-state index in [9.17, 15) is 4.79 Å². The molecule has 0 fully saturated rings. The number of carbonyl (C=O) groups excluding carboxylic acids is 1. The quantitative estimate of drug-likeness (QED) is 0.300. The van der Waals surface area contributed by atoms with E-state index in [1.807, 2.05) is 6.92 Å². The second-order valence-corrected chi connectivity index (χ2v) is 9.33. The molecule has 0 unspecified atom stereocenters. The van der Waals surface area contributed by atoms with Crippen LogP contribution < -0.4 is 10.6 Å². The van der Waals surface area contributed by atoms with Crippen molar-refractivity contribution in [2.45, 2.75) is 52.5 Å². The minimum atomic E-state index is -0.294. The van der Waals surface area contributed by atoms with E-state index in [2.05, 4.69) is 51.9 Å². The third-order valence-electron chi connectivity index (χ3n) is 5.35.